The minimum absolute atomic E-state index is 0.0242. The lowest BCUT2D eigenvalue weighted by Crippen LogP contribution is -2.07. The predicted molar refractivity (Wildman–Crippen MR) is 82.3 cm³/mol. The maximum Gasteiger partial charge on any atom is 0.446 e. The number of nitrogens with zero attached hydrogens (tertiary/aromatic N) is 3. The Morgan fingerprint density at radius 1 is 1.09 bits per heavy atom. The van der Waals surface area contributed by atoms with Crippen LogP contribution in [0.25, 0.3) is 11.1 Å². The molecule has 0 saturated carbocycles. The highest BCUT2D eigenvalue weighted by Gasteiger charge is 2.14. The van der Waals surface area contributed by atoms with E-state index in [0.717, 1.165) is 5.56 Å². The van der Waals surface area contributed by atoms with Crippen molar-refractivity contribution in [2.75, 3.05) is 14.1 Å². The van der Waals surface area contributed by atoms with Crippen LogP contribution in [0, 0.1) is 0 Å². The van der Waals surface area contributed by atoms with E-state index in [1.165, 1.54) is 11.1 Å². The standard InChI is InChI=1S/C14H15N3O4S/c1-17(2)16-15-12-8-9-13(11-6-4-3-5-7-11)14(10-12)21-22(18,19)20/h3-10H,1-2H3,(H,18,19,20). The summed E-state index contributed by atoms with van der Waals surface area (Å²) in [5, 5.41) is 9.25. The van der Waals surface area contributed by atoms with Gasteiger partial charge in [-0.15, -0.1) is 5.11 Å². The predicted octanol–water partition coefficient (Wildman–Crippen LogP) is 3.10. The van der Waals surface area contributed by atoms with E-state index in [0.29, 0.717) is 11.3 Å². The summed E-state index contributed by atoms with van der Waals surface area (Å²) in [7, 11) is -1.23. The summed E-state index contributed by atoms with van der Waals surface area (Å²) < 4.78 is 35.7. The molecule has 0 bridgehead atoms. The van der Waals surface area contributed by atoms with Crippen LogP contribution >= 0.6 is 0 Å². The molecule has 2 aromatic carbocycles. The van der Waals surface area contributed by atoms with Crippen molar-refractivity contribution in [3.05, 3.63) is 48.5 Å². The number of benzene rings is 2. The molecule has 116 valence electrons. The van der Waals surface area contributed by atoms with Gasteiger partial charge in [-0.25, -0.2) is 0 Å². The number of hydrogen-bond donors (Lipinski definition) is 1. The van der Waals surface area contributed by atoms with Crippen LogP contribution in [0.2, 0.25) is 0 Å². The fourth-order valence-corrected chi connectivity index (χ4v) is 2.12. The number of rotatable bonds is 5. The van der Waals surface area contributed by atoms with E-state index in [2.05, 4.69) is 14.5 Å². The smallest absolute Gasteiger partial charge is 0.361 e. The van der Waals surface area contributed by atoms with Crippen molar-refractivity contribution in [3.63, 3.8) is 0 Å². The molecule has 0 aliphatic rings. The molecule has 2 rings (SSSR count). The average molecular weight is 321 g/mol. The molecular weight excluding hydrogens is 306 g/mol. The van der Waals surface area contributed by atoms with Gasteiger partial charge in [-0.05, 0) is 17.7 Å². The Morgan fingerprint density at radius 2 is 1.77 bits per heavy atom. The second kappa shape index (κ2) is 6.54. The first-order valence-corrected chi connectivity index (χ1v) is 7.67. The second-order valence-electron chi connectivity index (χ2n) is 4.59. The second-order valence-corrected chi connectivity index (χ2v) is 5.62. The van der Waals surface area contributed by atoms with Crippen LogP contribution in [-0.4, -0.2) is 32.1 Å². The third-order valence-electron chi connectivity index (χ3n) is 2.58. The van der Waals surface area contributed by atoms with Crippen molar-refractivity contribution in [1.29, 1.82) is 0 Å². The first kappa shape index (κ1) is 15.9. The van der Waals surface area contributed by atoms with Crippen molar-refractivity contribution >= 4 is 16.1 Å². The lowest BCUT2D eigenvalue weighted by Gasteiger charge is -2.10. The van der Waals surface area contributed by atoms with Gasteiger partial charge in [-0.1, -0.05) is 35.6 Å². The summed E-state index contributed by atoms with van der Waals surface area (Å²) in [6.07, 6.45) is 0. The molecule has 1 N–H and O–H groups in total. The Labute approximate surface area is 128 Å². The molecule has 0 aromatic heterocycles. The summed E-state index contributed by atoms with van der Waals surface area (Å²) in [5.74, 6) is -0.0242. The zero-order valence-electron chi connectivity index (χ0n) is 12.0. The van der Waals surface area contributed by atoms with Crippen LogP contribution in [0.15, 0.2) is 58.9 Å². The van der Waals surface area contributed by atoms with E-state index < -0.39 is 10.4 Å². The van der Waals surface area contributed by atoms with E-state index in [1.54, 1.807) is 38.4 Å². The Kier molecular flexibility index (Phi) is 4.74. The fraction of sp³-hybridized carbons (Fsp3) is 0.143. The molecule has 8 heteroatoms. The third kappa shape index (κ3) is 4.54. The van der Waals surface area contributed by atoms with E-state index in [4.69, 9.17) is 4.55 Å². The molecule has 0 saturated heterocycles. The quantitative estimate of drug-likeness (QED) is 0.519. The monoisotopic (exact) mass is 321 g/mol. The Hall–Kier alpha value is -2.45. The van der Waals surface area contributed by atoms with Crippen LogP contribution in [0.4, 0.5) is 5.69 Å². The van der Waals surface area contributed by atoms with Gasteiger partial charge in [0.05, 0.1) is 5.69 Å². The third-order valence-corrected chi connectivity index (χ3v) is 2.97. The molecule has 7 nitrogen and oxygen atoms in total. The zero-order chi connectivity index (χ0) is 16.2. The van der Waals surface area contributed by atoms with E-state index in [-0.39, 0.29) is 5.75 Å². The van der Waals surface area contributed by atoms with Gasteiger partial charge in [0.1, 0.15) is 0 Å². The Morgan fingerprint density at radius 3 is 2.36 bits per heavy atom. The fourth-order valence-electron chi connectivity index (χ4n) is 1.75. The first-order chi connectivity index (χ1) is 10.3. The van der Waals surface area contributed by atoms with Gasteiger partial charge in [0, 0.05) is 25.7 Å². The van der Waals surface area contributed by atoms with Crippen molar-refractivity contribution in [2.24, 2.45) is 10.3 Å². The molecule has 0 fully saturated rings. The van der Waals surface area contributed by atoms with E-state index >= 15 is 0 Å². The van der Waals surface area contributed by atoms with Crippen molar-refractivity contribution in [3.8, 4) is 16.9 Å². The van der Waals surface area contributed by atoms with E-state index in [9.17, 15) is 8.42 Å². The normalized spacial score (nSPS) is 11.6. The maximum absolute atomic E-state index is 11.0. The van der Waals surface area contributed by atoms with Gasteiger partial charge in [0.15, 0.2) is 5.75 Å². The molecular formula is C14H15N3O4S. The largest absolute Gasteiger partial charge is 0.446 e. The highest BCUT2D eigenvalue weighted by Crippen LogP contribution is 2.34. The Bertz CT molecular complexity index is 774. The average Bonchev–Trinajstić information content (AvgIpc) is 2.44. The van der Waals surface area contributed by atoms with Crippen molar-refractivity contribution in [1.82, 2.24) is 5.01 Å². The minimum atomic E-state index is -4.64. The van der Waals surface area contributed by atoms with Gasteiger partial charge in [-0.3, -0.25) is 9.56 Å². The highest BCUT2D eigenvalue weighted by molar-refractivity contribution is 7.81. The molecule has 0 atom stereocenters. The van der Waals surface area contributed by atoms with Gasteiger partial charge >= 0.3 is 10.4 Å². The topological polar surface area (TPSA) is 91.6 Å². The van der Waals surface area contributed by atoms with Gasteiger partial charge < -0.3 is 4.18 Å². The lowest BCUT2D eigenvalue weighted by molar-refractivity contribution is 0.387. The summed E-state index contributed by atoms with van der Waals surface area (Å²) in [6, 6.07) is 13.8. The minimum Gasteiger partial charge on any atom is -0.361 e. The molecule has 0 amide bonds. The molecule has 0 heterocycles. The SMILES string of the molecule is CN(C)N=Nc1ccc(-c2ccccc2)c(OS(=O)(=O)O)c1. The molecule has 0 radical (unpaired) electrons. The molecule has 0 aliphatic heterocycles. The lowest BCUT2D eigenvalue weighted by atomic mass is 10.0. The van der Waals surface area contributed by atoms with Crippen LogP contribution in [0.1, 0.15) is 0 Å². The van der Waals surface area contributed by atoms with Gasteiger partial charge in [0.25, 0.3) is 0 Å². The molecule has 0 aliphatic carbocycles. The maximum atomic E-state index is 11.0. The van der Waals surface area contributed by atoms with Gasteiger partial charge in [0.2, 0.25) is 0 Å². The molecule has 22 heavy (non-hydrogen) atoms. The number of hydrogen-bond acceptors (Lipinski definition) is 5. The summed E-state index contributed by atoms with van der Waals surface area (Å²) in [4.78, 5) is 0. The van der Waals surface area contributed by atoms with Gasteiger partial charge in [-0.2, -0.15) is 8.42 Å². The van der Waals surface area contributed by atoms with E-state index in [1.807, 2.05) is 18.2 Å². The highest BCUT2D eigenvalue weighted by atomic mass is 32.3. The van der Waals surface area contributed by atoms with Crippen molar-refractivity contribution < 1.29 is 17.2 Å². The summed E-state index contributed by atoms with van der Waals surface area (Å²) in [5.41, 5.74) is 1.66. The zero-order valence-corrected chi connectivity index (χ0v) is 12.9. The van der Waals surface area contributed by atoms with Crippen molar-refractivity contribution in [2.45, 2.75) is 0 Å². The molecule has 2 aromatic rings. The first-order valence-electron chi connectivity index (χ1n) is 6.30. The Balaban J connectivity index is 2.49. The van der Waals surface area contributed by atoms with Crippen LogP contribution in [-0.2, 0) is 10.4 Å². The molecule has 0 spiro atoms. The van der Waals surface area contributed by atoms with Crippen LogP contribution in [0.3, 0.4) is 0 Å². The van der Waals surface area contributed by atoms with Crippen LogP contribution in [0.5, 0.6) is 5.75 Å². The summed E-state index contributed by atoms with van der Waals surface area (Å²) in [6.45, 7) is 0. The summed E-state index contributed by atoms with van der Waals surface area (Å²) >= 11 is 0. The molecule has 0 unspecified atom stereocenters. The van der Waals surface area contributed by atoms with Crippen LogP contribution < -0.4 is 4.18 Å².